The molecule has 0 saturated heterocycles. The van der Waals surface area contributed by atoms with E-state index in [4.69, 9.17) is 23.8 Å². The number of halogens is 2. The van der Waals surface area contributed by atoms with Crippen molar-refractivity contribution in [3.05, 3.63) is 74.3 Å². The SMILES string of the molecule is O=C(/C=C/c1ccc(Cl)cc1)NC(=S)NNC(=O)c1ccccc1I. The number of nitrogens with one attached hydrogen (secondary N) is 3. The fourth-order valence-electron chi connectivity index (χ4n) is 1.76. The third-order valence-corrected chi connectivity index (χ3v) is 4.34. The van der Waals surface area contributed by atoms with E-state index in [9.17, 15) is 9.59 Å². The molecule has 8 heteroatoms. The van der Waals surface area contributed by atoms with Crippen molar-refractivity contribution in [3.63, 3.8) is 0 Å². The molecule has 0 heterocycles. The molecule has 0 bridgehead atoms. The minimum atomic E-state index is -0.420. The molecule has 2 amide bonds. The maximum Gasteiger partial charge on any atom is 0.270 e. The Morgan fingerprint density at radius 2 is 1.72 bits per heavy atom. The van der Waals surface area contributed by atoms with Crippen LogP contribution in [0.5, 0.6) is 0 Å². The van der Waals surface area contributed by atoms with Gasteiger partial charge in [0.05, 0.1) is 5.56 Å². The van der Waals surface area contributed by atoms with Crippen molar-refractivity contribution in [2.75, 3.05) is 0 Å². The smallest absolute Gasteiger partial charge is 0.270 e. The molecule has 0 radical (unpaired) electrons. The van der Waals surface area contributed by atoms with Crippen LogP contribution in [0.25, 0.3) is 6.08 Å². The number of rotatable bonds is 3. The van der Waals surface area contributed by atoms with Crippen LogP contribution in [0.3, 0.4) is 0 Å². The highest BCUT2D eigenvalue weighted by Crippen LogP contribution is 2.11. The first-order valence-corrected chi connectivity index (χ1v) is 8.91. The number of carbonyl (C=O) groups is 2. The molecule has 0 aliphatic rings. The van der Waals surface area contributed by atoms with Crippen LogP contribution < -0.4 is 16.2 Å². The molecular weight excluding hydrogens is 473 g/mol. The van der Waals surface area contributed by atoms with Gasteiger partial charge >= 0.3 is 0 Å². The molecular formula is C17H13ClIN3O2S. The molecule has 2 aromatic rings. The lowest BCUT2D eigenvalue weighted by molar-refractivity contribution is -0.115. The van der Waals surface area contributed by atoms with Crippen LogP contribution in [0, 0.1) is 3.57 Å². The van der Waals surface area contributed by atoms with Gasteiger partial charge in [-0.1, -0.05) is 35.9 Å². The molecule has 0 unspecified atom stereocenters. The summed E-state index contributed by atoms with van der Waals surface area (Å²) in [6.45, 7) is 0. The van der Waals surface area contributed by atoms with Crippen molar-refractivity contribution in [2.45, 2.75) is 0 Å². The van der Waals surface area contributed by atoms with Gasteiger partial charge in [-0.05, 0) is 70.7 Å². The van der Waals surface area contributed by atoms with Gasteiger partial charge in [0, 0.05) is 14.7 Å². The van der Waals surface area contributed by atoms with Crippen LogP contribution in [0.4, 0.5) is 0 Å². The van der Waals surface area contributed by atoms with Crippen molar-refractivity contribution in [3.8, 4) is 0 Å². The Morgan fingerprint density at radius 1 is 1.04 bits per heavy atom. The molecule has 2 rings (SSSR count). The molecule has 5 nitrogen and oxygen atoms in total. The Hall–Kier alpha value is -1.97. The van der Waals surface area contributed by atoms with Crippen LogP contribution in [0.15, 0.2) is 54.6 Å². The Labute approximate surface area is 168 Å². The average Bonchev–Trinajstić information content (AvgIpc) is 2.59. The van der Waals surface area contributed by atoms with Crippen molar-refractivity contribution in [2.24, 2.45) is 0 Å². The highest BCUT2D eigenvalue weighted by Gasteiger charge is 2.09. The first-order valence-electron chi connectivity index (χ1n) is 7.05. The van der Waals surface area contributed by atoms with E-state index in [0.29, 0.717) is 10.6 Å². The van der Waals surface area contributed by atoms with Crippen molar-refractivity contribution in [1.82, 2.24) is 16.2 Å². The number of hydrazine groups is 1. The number of hydrogen-bond donors (Lipinski definition) is 3. The molecule has 0 fully saturated rings. The van der Waals surface area contributed by atoms with Crippen LogP contribution in [-0.4, -0.2) is 16.9 Å². The zero-order chi connectivity index (χ0) is 18.2. The van der Waals surface area contributed by atoms with Gasteiger partial charge in [-0.15, -0.1) is 0 Å². The van der Waals surface area contributed by atoms with E-state index in [1.807, 2.05) is 12.1 Å². The van der Waals surface area contributed by atoms with Crippen LogP contribution >= 0.6 is 46.4 Å². The highest BCUT2D eigenvalue weighted by atomic mass is 127. The van der Waals surface area contributed by atoms with Crippen molar-refractivity contribution < 1.29 is 9.59 Å². The molecule has 0 aliphatic carbocycles. The fraction of sp³-hybridized carbons (Fsp3) is 0. The second kappa shape index (κ2) is 9.50. The summed E-state index contributed by atoms with van der Waals surface area (Å²) < 4.78 is 0.806. The van der Waals surface area contributed by atoms with Gasteiger partial charge in [0.25, 0.3) is 5.91 Å². The van der Waals surface area contributed by atoms with Gasteiger partial charge in [-0.25, -0.2) is 0 Å². The van der Waals surface area contributed by atoms with Gasteiger partial charge in [0.15, 0.2) is 5.11 Å². The van der Waals surface area contributed by atoms with Crippen LogP contribution in [-0.2, 0) is 4.79 Å². The topological polar surface area (TPSA) is 70.2 Å². The highest BCUT2D eigenvalue weighted by molar-refractivity contribution is 14.1. The standard InChI is InChI=1S/C17H13ClIN3O2S/c18-12-8-5-11(6-9-12)7-10-15(23)20-17(25)22-21-16(24)13-3-1-2-4-14(13)19/h1-10H,(H,21,24)(H2,20,22,23,25)/b10-7+. The van der Waals surface area contributed by atoms with E-state index < -0.39 is 5.91 Å². The lowest BCUT2D eigenvalue weighted by atomic mass is 10.2. The van der Waals surface area contributed by atoms with E-state index in [2.05, 4.69) is 38.8 Å². The Balaban J connectivity index is 1.81. The van der Waals surface area contributed by atoms with E-state index >= 15 is 0 Å². The second-order valence-corrected chi connectivity index (χ2v) is 6.77. The third-order valence-electron chi connectivity index (χ3n) is 2.94. The monoisotopic (exact) mass is 485 g/mol. The summed E-state index contributed by atoms with van der Waals surface area (Å²) in [6.07, 6.45) is 2.96. The largest absolute Gasteiger partial charge is 0.298 e. The van der Waals surface area contributed by atoms with E-state index in [1.165, 1.54) is 6.08 Å². The fourth-order valence-corrected chi connectivity index (χ4v) is 2.67. The lowest BCUT2D eigenvalue weighted by Gasteiger charge is -2.10. The molecule has 0 spiro atoms. The van der Waals surface area contributed by atoms with Crippen molar-refractivity contribution in [1.29, 1.82) is 0 Å². The number of amides is 2. The molecule has 2 aromatic carbocycles. The number of carbonyl (C=O) groups excluding carboxylic acids is 2. The molecule has 3 N–H and O–H groups in total. The first kappa shape index (κ1) is 19.4. The Kier molecular flexibility index (Phi) is 7.35. The molecule has 0 atom stereocenters. The molecule has 0 aromatic heterocycles. The van der Waals surface area contributed by atoms with Crippen LogP contribution in [0.1, 0.15) is 15.9 Å². The van der Waals surface area contributed by atoms with Crippen LogP contribution in [0.2, 0.25) is 5.02 Å². The summed E-state index contributed by atoms with van der Waals surface area (Å²) >= 11 is 12.8. The summed E-state index contributed by atoms with van der Waals surface area (Å²) in [5.74, 6) is -0.769. The van der Waals surface area contributed by atoms with E-state index in [-0.39, 0.29) is 11.0 Å². The maximum atomic E-state index is 12.0. The third kappa shape index (κ3) is 6.45. The van der Waals surface area contributed by atoms with Gasteiger partial charge in [0.2, 0.25) is 5.91 Å². The number of thiocarbonyl (C=S) groups is 1. The summed E-state index contributed by atoms with van der Waals surface area (Å²) in [5.41, 5.74) is 6.26. The van der Waals surface area contributed by atoms with Gasteiger partial charge in [-0.3, -0.25) is 25.8 Å². The quantitative estimate of drug-likeness (QED) is 0.270. The summed E-state index contributed by atoms with van der Waals surface area (Å²) in [5, 5.41) is 3.05. The minimum Gasteiger partial charge on any atom is -0.298 e. The molecule has 128 valence electrons. The molecule has 25 heavy (non-hydrogen) atoms. The molecule has 0 aliphatic heterocycles. The number of benzene rings is 2. The first-order chi connectivity index (χ1) is 12.0. The Morgan fingerprint density at radius 3 is 2.40 bits per heavy atom. The summed E-state index contributed by atoms with van der Waals surface area (Å²) in [6, 6.07) is 14.1. The lowest BCUT2D eigenvalue weighted by Crippen LogP contribution is -2.48. The van der Waals surface area contributed by atoms with Gasteiger partial charge in [0.1, 0.15) is 0 Å². The average molecular weight is 486 g/mol. The predicted octanol–water partition coefficient (Wildman–Crippen LogP) is 3.29. The predicted molar refractivity (Wildman–Crippen MR) is 111 cm³/mol. The summed E-state index contributed by atoms with van der Waals surface area (Å²) in [4.78, 5) is 23.8. The maximum absolute atomic E-state index is 12.0. The minimum absolute atomic E-state index is 0.00922. The zero-order valence-electron chi connectivity index (χ0n) is 12.8. The van der Waals surface area contributed by atoms with E-state index in [0.717, 1.165) is 9.13 Å². The van der Waals surface area contributed by atoms with Crippen molar-refractivity contribution >= 4 is 69.4 Å². The van der Waals surface area contributed by atoms with Gasteiger partial charge < -0.3 is 0 Å². The zero-order valence-corrected chi connectivity index (χ0v) is 16.5. The second-order valence-electron chi connectivity index (χ2n) is 4.76. The van der Waals surface area contributed by atoms with Gasteiger partial charge in [-0.2, -0.15) is 0 Å². The number of hydrogen-bond acceptors (Lipinski definition) is 3. The Bertz CT molecular complexity index is 825. The normalized spacial score (nSPS) is 10.3. The molecule has 0 saturated carbocycles. The summed E-state index contributed by atoms with van der Waals surface area (Å²) in [7, 11) is 0. The van der Waals surface area contributed by atoms with E-state index in [1.54, 1.807) is 42.5 Å².